The maximum Gasteiger partial charge on any atom is 0.297 e. The number of benzene rings is 5. The average molecular weight is 819 g/mol. The van der Waals surface area contributed by atoms with Crippen LogP contribution < -0.4 is 26.4 Å². The Hall–Kier alpha value is -4.70. The van der Waals surface area contributed by atoms with Gasteiger partial charge in [-0.05, 0) is 183 Å². The third-order valence-corrected chi connectivity index (χ3v) is 17.3. The van der Waals surface area contributed by atoms with E-state index in [1.165, 1.54) is 122 Å². The smallest absolute Gasteiger partial charge is 0.297 e. The average Bonchev–Trinajstić information content (AvgIpc) is 3.58. The van der Waals surface area contributed by atoms with Crippen molar-refractivity contribution >= 4 is 68.4 Å². The summed E-state index contributed by atoms with van der Waals surface area (Å²) >= 11 is 0. The van der Waals surface area contributed by atoms with E-state index in [0.717, 1.165) is 16.9 Å². The molecule has 0 unspecified atom stereocenters. The number of hydrogen-bond donors (Lipinski definition) is 0. The molecule has 0 fully saturated rings. The van der Waals surface area contributed by atoms with Crippen molar-refractivity contribution in [3.63, 3.8) is 0 Å². The van der Waals surface area contributed by atoms with Crippen molar-refractivity contribution in [2.75, 3.05) is 9.80 Å². The summed E-state index contributed by atoms with van der Waals surface area (Å²) in [5.41, 5.74) is 24.5. The van der Waals surface area contributed by atoms with E-state index < -0.39 is 0 Å². The van der Waals surface area contributed by atoms with Crippen LogP contribution in [0.4, 0.5) is 34.1 Å². The van der Waals surface area contributed by atoms with Crippen molar-refractivity contribution in [2.45, 2.75) is 168 Å². The fraction of sp³-hybridized carbons (Fsp3) is 0.448. The van der Waals surface area contributed by atoms with E-state index in [2.05, 4.69) is 186 Å². The zero-order chi connectivity index (χ0) is 43.8. The number of hydrogen-bond acceptors (Lipinski definition) is 3. The van der Waals surface area contributed by atoms with E-state index in [1.54, 1.807) is 5.56 Å². The lowest BCUT2D eigenvalue weighted by Crippen LogP contribution is -2.61. The standard InChI is InChI=1S/C58H67BN2O/c1-34-29-42-48(58(13,14)28-27-57(42,11)12)35(2)50(34)61-45-22-18-21-44-49(45)59(43-31-39-40(32-46(43)61)55(7,8)25-24-54(39,5)6)52-51(60(44)36-19-16-15-17-20-36)37-30-38-41(33-47(37)62-52)56(9,10)26-23-53(38,3)4/h15-22,29-33H,23-28H2,1-14H3. The molecule has 4 heteroatoms. The summed E-state index contributed by atoms with van der Waals surface area (Å²) in [6, 6.07) is 31.1. The van der Waals surface area contributed by atoms with Gasteiger partial charge in [0, 0.05) is 28.1 Å². The molecule has 6 aromatic rings. The fourth-order valence-corrected chi connectivity index (χ4v) is 13.2. The van der Waals surface area contributed by atoms with Gasteiger partial charge in [-0.25, -0.2) is 0 Å². The van der Waals surface area contributed by atoms with Crippen LogP contribution in [-0.2, 0) is 32.5 Å². The summed E-state index contributed by atoms with van der Waals surface area (Å²) in [6.07, 6.45) is 7.08. The van der Waals surface area contributed by atoms with Gasteiger partial charge in [0.2, 0.25) is 0 Å². The summed E-state index contributed by atoms with van der Waals surface area (Å²) in [4.78, 5) is 5.27. The maximum absolute atomic E-state index is 7.57. The number of aryl methyl sites for hydroxylation is 1. The number of anilines is 6. The van der Waals surface area contributed by atoms with Crippen LogP contribution in [-0.4, -0.2) is 6.71 Å². The van der Waals surface area contributed by atoms with Gasteiger partial charge in [-0.2, -0.15) is 0 Å². The third kappa shape index (κ3) is 5.37. The Morgan fingerprint density at radius 1 is 0.484 bits per heavy atom. The molecule has 0 spiro atoms. The van der Waals surface area contributed by atoms with Gasteiger partial charge < -0.3 is 14.2 Å². The first-order valence-corrected chi connectivity index (χ1v) is 23.8. The Morgan fingerprint density at radius 3 is 1.61 bits per heavy atom. The van der Waals surface area contributed by atoms with E-state index in [1.807, 2.05) is 0 Å². The van der Waals surface area contributed by atoms with Gasteiger partial charge in [0.05, 0.1) is 17.0 Å². The van der Waals surface area contributed by atoms with Crippen molar-refractivity contribution in [1.82, 2.24) is 0 Å². The summed E-state index contributed by atoms with van der Waals surface area (Å²) in [7, 11) is 0. The normalized spacial score (nSPS) is 21.4. The van der Waals surface area contributed by atoms with Gasteiger partial charge in [-0.3, -0.25) is 0 Å². The minimum absolute atomic E-state index is 0.0510. The summed E-state index contributed by atoms with van der Waals surface area (Å²) < 4.78 is 7.57. The first kappa shape index (κ1) is 40.1. The highest BCUT2D eigenvalue weighted by Crippen LogP contribution is 2.56. The lowest BCUT2D eigenvalue weighted by atomic mass is 9.35. The lowest BCUT2D eigenvalue weighted by molar-refractivity contribution is 0.330. The lowest BCUT2D eigenvalue weighted by Gasteiger charge is -2.48. The van der Waals surface area contributed by atoms with Crippen LogP contribution in [0, 0.1) is 13.8 Å². The van der Waals surface area contributed by atoms with E-state index in [-0.39, 0.29) is 39.2 Å². The third-order valence-electron chi connectivity index (χ3n) is 17.3. The van der Waals surface area contributed by atoms with Crippen LogP contribution >= 0.6 is 0 Å². The van der Waals surface area contributed by atoms with E-state index in [4.69, 9.17) is 4.42 Å². The Morgan fingerprint density at radius 2 is 1.00 bits per heavy atom. The largest absolute Gasteiger partial charge is 0.468 e. The van der Waals surface area contributed by atoms with Gasteiger partial charge in [0.15, 0.2) is 0 Å². The Labute approximate surface area is 372 Å². The fourth-order valence-electron chi connectivity index (χ4n) is 13.2. The number of furan rings is 1. The minimum atomic E-state index is -0.0763. The Bertz CT molecular complexity index is 2900. The topological polar surface area (TPSA) is 19.6 Å². The van der Waals surface area contributed by atoms with Crippen LogP contribution in [0.25, 0.3) is 11.0 Å². The van der Waals surface area contributed by atoms with Gasteiger partial charge in [-0.1, -0.05) is 119 Å². The molecule has 0 bridgehead atoms. The second-order valence-electron chi connectivity index (χ2n) is 24.2. The molecule has 0 atom stereocenters. The molecule has 5 aliphatic rings. The second-order valence-corrected chi connectivity index (χ2v) is 24.2. The molecule has 5 aromatic carbocycles. The summed E-state index contributed by atoms with van der Waals surface area (Å²) in [6.45, 7) is 34.3. The van der Waals surface area contributed by atoms with E-state index in [0.29, 0.717) is 0 Å². The first-order valence-electron chi connectivity index (χ1n) is 23.8. The van der Waals surface area contributed by atoms with Crippen LogP contribution in [0.2, 0.25) is 0 Å². The molecule has 0 saturated heterocycles. The SMILES string of the molecule is Cc1cc2c(c(C)c1N1c3cc4c(cc3B3c5oc6cc7c(cc6c5N(c5ccccc5)c5cccc1c53)C(C)(C)CCC7(C)C)C(C)(C)CCC4(C)C)C(C)(C)CCC2(C)C. The van der Waals surface area contributed by atoms with E-state index >= 15 is 0 Å². The Kier molecular flexibility index (Phi) is 8.10. The van der Waals surface area contributed by atoms with Crippen molar-refractivity contribution < 1.29 is 4.42 Å². The molecule has 62 heavy (non-hydrogen) atoms. The monoisotopic (exact) mass is 819 g/mol. The summed E-state index contributed by atoms with van der Waals surface area (Å²) in [5.74, 6) is 0. The molecule has 0 N–H and O–H groups in total. The van der Waals surface area contributed by atoms with Crippen LogP contribution in [0.15, 0.2) is 83.3 Å². The molecular formula is C58H67BN2O. The summed E-state index contributed by atoms with van der Waals surface area (Å²) in [5, 5.41) is 1.22. The minimum Gasteiger partial charge on any atom is -0.468 e. The molecule has 3 nitrogen and oxygen atoms in total. The highest BCUT2D eigenvalue weighted by molar-refractivity contribution is 7.00. The van der Waals surface area contributed by atoms with Gasteiger partial charge >= 0.3 is 0 Å². The molecule has 11 rings (SSSR count). The van der Waals surface area contributed by atoms with Gasteiger partial charge in [0.1, 0.15) is 5.58 Å². The molecule has 0 amide bonds. The number of para-hydroxylation sites is 1. The van der Waals surface area contributed by atoms with E-state index in [9.17, 15) is 0 Å². The van der Waals surface area contributed by atoms with Crippen LogP contribution in [0.5, 0.6) is 0 Å². The highest BCUT2D eigenvalue weighted by Gasteiger charge is 2.50. The number of nitrogens with zero attached hydrogens (tertiary/aromatic N) is 2. The quantitative estimate of drug-likeness (QED) is 0.162. The van der Waals surface area contributed by atoms with Crippen LogP contribution in [0.1, 0.15) is 166 Å². The number of rotatable bonds is 2. The molecule has 0 radical (unpaired) electrons. The van der Waals surface area contributed by atoms with Crippen LogP contribution in [0.3, 0.4) is 0 Å². The van der Waals surface area contributed by atoms with Gasteiger partial charge in [-0.15, -0.1) is 0 Å². The first-order chi connectivity index (χ1) is 29.0. The molecule has 3 aliphatic carbocycles. The zero-order valence-electron chi connectivity index (χ0n) is 40.1. The molecule has 3 heterocycles. The highest BCUT2D eigenvalue weighted by atomic mass is 16.3. The zero-order valence-corrected chi connectivity index (χ0v) is 40.1. The molecular weight excluding hydrogens is 751 g/mol. The van der Waals surface area contributed by atoms with Gasteiger partial charge in [0.25, 0.3) is 6.71 Å². The number of fused-ring (bicyclic) bond motifs is 9. The molecule has 2 aliphatic heterocycles. The molecule has 0 saturated carbocycles. The molecule has 318 valence electrons. The van der Waals surface area contributed by atoms with Crippen molar-refractivity contribution in [3.8, 4) is 0 Å². The van der Waals surface area contributed by atoms with Crippen molar-refractivity contribution in [1.29, 1.82) is 0 Å². The maximum atomic E-state index is 7.57. The van der Waals surface area contributed by atoms with Crippen molar-refractivity contribution in [3.05, 3.63) is 123 Å². The second kappa shape index (κ2) is 12.5. The predicted molar refractivity (Wildman–Crippen MR) is 266 cm³/mol. The molecule has 1 aromatic heterocycles. The Balaban J connectivity index is 1.28. The van der Waals surface area contributed by atoms with Crippen molar-refractivity contribution in [2.24, 2.45) is 0 Å². The predicted octanol–water partition coefficient (Wildman–Crippen LogP) is 14.2.